The van der Waals surface area contributed by atoms with Gasteiger partial charge in [0.15, 0.2) is 5.79 Å². The van der Waals surface area contributed by atoms with Gasteiger partial charge in [-0.3, -0.25) is 0 Å². The van der Waals surface area contributed by atoms with Crippen molar-refractivity contribution in [3.05, 3.63) is 11.6 Å². The second-order valence-electron chi connectivity index (χ2n) is 12.7. The molecule has 6 rings (SSSR count). The van der Waals surface area contributed by atoms with E-state index in [4.69, 9.17) is 14.2 Å². The molecule has 1 saturated heterocycles. The fraction of sp³-hybridized carbons (Fsp3) is 0.885. The van der Waals surface area contributed by atoms with Gasteiger partial charge in [0, 0.05) is 30.3 Å². The van der Waals surface area contributed by atoms with Gasteiger partial charge >= 0.3 is 5.97 Å². The van der Waals surface area contributed by atoms with Crippen LogP contribution in [0.5, 0.6) is 0 Å². The van der Waals surface area contributed by atoms with E-state index in [9.17, 15) is 25.2 Å². The lowest BCUT2D eigenvalue weighted by Crippen LogP contribution is -2.78. The molecule has 0 amide bonds. The van der Waals surface area contributed by atoms with Crippen LogP contribution in [-0.2, 0) is 19.0 Å². The predicted octanol–water partition coefficient (Wildman–Crippen LogP) is 1.43. The van der Waals surface area contributed by atoms with Gasteiger partial charge in [-0.05, 0) is 63.4 Å². The summed E-state index contributed by atoms with van der Waals surface area (Å²) in [6.07, 6.45) is 2.81. The third-order valence-electron chi connectivity index (χ3n) is 10.8. The lowest BCUT2D eigenvalue weighted by Gasteiger charge is -2.70. The van der Waals surface area contributed by atoms with Gasteiger partial charge in [-0.1, -0.05) is 6.92 Å². The zero-order chi connectivity index (χ0) is 24.3. The Labute approximate surface area is 200 Å². The van der Waals surface area contributed by atoms with E-state index in [0.717, 1.165) is 12.0 Å². The molecule has 4 saturated carbocycles. The molecule has 190 valence electrons. The van der Waals surface area contributed by atoms with Gasteiger partial charge < -0.3 is 34.6 Å². The van der Waals surface area contributed by atoms with E-state index in [-0.39, 0.29) is 37.4 Å². The highest BCUT2D eigenvalue weighted by atomic mass is 16.7. The molecule has 0 unspecified atom stereocenters. The minimum Gasteiger partial charge on any atom is -0.458 e. The van der Waals surface area contributed by atoms with Crippen LogP contribution >= 0.6 is 0 Å². The van der Waals surface area contributed by atoms with Gasteiger partial charge in [0.05, 0.1) is 41.5 Å². The summed E-state index contributed by atoms with van der Waals surface area (Å²) in [7, 11) is 0. The summed E-state index contributed by atoms with van der Waals surface area (Å²) in [5.41, 5.74) is -2.92. The molecule has 0 aromatic rings. The Morgan fingerprint density at radius 3 is 2.53 bits per heavy atom. The van der Waals surface area contributed by atoms with Gasteiger partial charge in [0.2, 0.25) is 0 Å². The summed E-state index contributed by atoms with van der Waals surface area (Å²) < 4.78 is 17.7. The first kappa shape index (κ1) is 23.4. The highest BCUT2D eigenvalue weighted by Crippen LogP contribution is 2.71. The van der Waals surface area contributed by atoms with Crippen molar-refractivity contribution in [2.45, 2.75) is 101 Å². The molecule has 2 heterocycles. The first-order valence-corrected chi connectivity index (χ1v) is 12.9. The molecule has 1 spiro atoms. The Balaban J connectivity index is 1.43. The van der Waals surface area contributed by atoms with E-state index in [1.165, 1.54) is 0 Å². The number of carbonyl (C=O) groups excluding carboxylic acids is 1. The first-order chi connectivity index (χ1) is 15.9. The van der Waals surface area contributed by atoms with Crippen LogP contribution in [0.1, 0.15) is 65.7 Å². The number of esters is 1. The standard InChI is InChI=1S/C26H38O8/c1-22(2)33-13-25-19(34-22)9-15(27)10-24(25,30)6-4-17-21(25)18(28)11-23(3)16(5-7-26(17,23)31)14-8-20(29)32-12-14/h8,15-19,21,27-28,30-31H,4-7,9-13H2,1-3H3/t15-,16+,17+,18+,19+,21+,23+,24-,25+,26-/m0/s1. The van der Waals surface area contributed by atoms with Crippen LogP contribution < -0.4 is 0 Å². The number of ether oxygens (including phenoxy) is 3. The molecule has 0 bridgehead atoms. The molecule has 34 heavy (non-hydrogen) atoms. The minimum absolute atomic E-state index is 0.0420. The number of hydrogen-bond acceptors (Lipinski definition) is 8. The maximum Gasteiger partial charge on any atom is 0.331 e. The normalized spacial score (nSPS) is 56.0. The van der Waals surface area contributed by atoms with Crippen molar-refractivity contribution in [1.29, 1.82) is 0 Å². The Hall–Kier alpha value is -1.03. The molecule has 0 aromatic heterocycles. The average molecular weight is 479 g/mol. The van der Waals surface area contributed by atoms with E-state index >= 15 is 0 Å². The molecule has 8 heteroatoms. The Morgan fingerprint density at radius 1 is 1.06 bits per heavy atom. The van der Waals surface area contributed by atoms with Crippen molar-refractivity contribution < 1.29 is 39.4 Å². The summed E-state index contributed by atoms with van der Waals surface area (Å²) >= 11 is 0. The van der Waals surface area contributed by atoms with Gasteiger partial charge in [-0.15, -0.1) is 0 Å². The van der Waals surface area contributed by atoms with Gasteiger partial charge in [0.1, 0.15) is 6.61 Å². The molecule has 6 aliphatic rings. The van der Waals surface area contributed by atoms with Gasteiger partial charge in [0.25, 0.3) is 0 Å². The van der Waals surface area contributed by atoms with Crippen molar-refractivity contribution in [2.75, 3.05) is 13.2 Å². The molecule has 10 atom stereocenters. The molecule has 2 aliphatic heterocycles. The number of cyclic esters (lactones) is 1. The molecule has 8 nitrogen and oxygen atoms in total. The van der Waals surface area contributed by atoms with E-state index in [1.54, 1.807) is 6.08 Å². The van der Waals surface area contributed by atoms with Crippen molar-refractivity contribution >= 4 is 5.97 Å². The number of fused-ring (bicyclic) bond motifs is 3. The molecule has 0 aromatic carbocycles. The fourth-order valence-electron chi connectivity index (χ4n) is 9.45. The number of hydrogen-bond donors (Lipinski definition) is 4. The Morgan fingerprint density at radius 2 is 1.82 bits per heavy atom. The quantitative estimate of drug-likeness (QED) is 0.417. The number of carbonyl (C=O) groups is 1. The summed E-state index contributed by atoms with van der Waals surface area (Å²) in [6, 6.07) is 0. The zero-order valence-corrected chi connectivity index (χ0v) is 20.3. The molecule has 5 fully saturated rings. The van der Waals surface area contributed by atoms with Crippen LogP contribution in [0, 0.1) is 28.6 Å². The van der Waals surface area contributed by atoms with E-state index in [2.05, 4.69) is 0 Å². The van der Waals surface area contributed by atoms with Gasteiger partial charge in [-0.25, -0.2) is 4.79 Å². The van der Waals surface area contributed by atoms with Crippen molar-refractivity contribution in [1.82, 2.24) is 0 Å². The molecular weight excluding hydrogens is 440 g/mol. The highest BCUT2D eigenvalue weighted by molar-refractivity contribution is 5.85. The molecule has 4 N–H and O–H groups in total. The minimum atomic E-state index is -1.25. The maximum atomic E-state index is 12.4. The Kier molecular flexibility index (Phi) is 4.84. The van der Waals surface area contributed by atoms with Crippen molar-refractivity contribution in [2.24, 2.45) is 28.6 Å². The van der Waals surface area contributed by atoms with Crippen LogP contribution in [0.4, 0.5) is 0 Å². The van der Waals surface area contributed by atoms with E-state index in [1.807, 2.05) is 20.8 Å². The largest absolute Gasteiger partial charge is 0.458 e. The lowest BCUT2D eigenvalue weighted by atomic mass is 9.40. The number of rotatable bonds is 1. The van der Waals surface area contributed by atoms with E-state index in [0.29, 0.717) is 32.1 Å². The summed E-state index contributed by atoms with van der Waals surface area (Å²) in [4.78, 5) is 11.8. The van der Waals surface area contributed by atoms with Gasteiger partial charge in [-0.2, -0.15) is 0 Å². The van der Waals surface area contributed by atoms with Crippen LogP contribution in [0.3, 0.4) is 0 Å². The first-order valence-electron chi connectivity index (χ1n) is 12.9. The summed E-state index contributed by atoms with van der Waals surface area (Å²) in [5, 5.41) is 46.9. The van der Waals surface area contributed by atoms with E-state index < -0.39 is 52.0 Å². The third-order valence-corrected chi connectivity index (χ3v) is 10.8. The Bertz CT molecular complexity index is 932. The highest BCUT2D eigenvalue weighted by Gasteiger charge is 2.76. The molecular formula is C26H38O8. The van der Waals surface area contributed by atoms with Crippen LogP contribution in [0.15, 0.2) is 11.6 Å². The zero-order valence-electron chi connectivity index (χ0n) is 20.3. The van der Waals surface area contributed by atoms with Crippen LogP contribution in [0.2, 0.25) is 0 Å². The van der Waals surface area contributed by atoms with Crippen LogP contribution in [-0.4, -0.2) is 74.9 Å². The smallest absolute Gasteiger partial charge is 0.331 e. The maximum absolute atomic E-state index is 12.4. The van der Waals surface area contributed by atoms with Crippen LogP contribution in [0.25, 0.3) is 0 Å². The SMILES string of the molecule is CC1(C)OC[C@@]23[C@H]4[C@H](O)C[C@]5(C)[C@@H](C6=CC(=O)OC6)CC[C@]5(O)[C@@H]4CC[C@]2(O)C[C@@H](O)C[C@H]3O1. The molecule has 4 aliphatic carbocycles. The topological polar surface area (TPSA) is 126 Å². The van der Waals surface area contributed by atoms with Crippen molar-refractivity contribution in [3.8, 4) is 0 Å². The predicted molar refractivity (Wildman–Crippen MR) is 119 cm³/mol. The fourth-order valence-corrected chi connectivity index (χ4v) is 9.45. The number of aliphatic hydroxyl groups is 4. The number of aliphatic hydroxyl groups excluding tert-OH is 2. The molecule has 0 radical (unpaired) electrons. The summed E-state index contributed by atoms with van der Waals surface area (Å²) in [5.74, 6) is -1.91. The monoisotopic (exact) mass is 478 g/mol. The second-order valence-corrected chi connectivity index (χ2v) is 12.7. The second kappa shape index (κ2) is 7.05. The van der Waals surface area contributed by atoms with Crippen molar-refractivity contribution in [3.63, 3.8) is 0 Å². The third kappa shape index (κ3) is 2.78. The average Bonchev–Trinajstić information content (AvgIpc) is 3.26. The summed E-state index contributed by atoms with van der Waals surface area (Å²) in [6.45, 7) is 6.19. The lowest BCUT2D eigenvalue weighted by molar-refractivity contribution is -0.401.